The first-order valence-electron chi connectivity index (χ1n) is 11.5. The molecule has 160 valence electrons. The van der Waals surface area contributed by atoms with E-state index in [0.717, 1.165) is 4.90 Å². The number of thiol groups is 1. The van der Waals surface area contributed by atoms with Gasteiger partial charge in [0.05, 0.1) is 5.56 Å². The van der Waals surface area contributed by atoms with Gasteiger partial charge in [0.1, 0.15) is 5.75 Å². The fourth-order valence-corrected chi connectivity index (χ4v) is 5.57. The maximum atomic E-state index is 12.9. The third-order valence-corrected chi connectivity index (χ3v) is 7.45. The fraction of sp³-hybridized carbons (Fsp3) is 0.519. The van der Waals surface area contributed by atoms with Crippen molar-refractivity contribution in [3.05, 3.63) is 58.7 Å². The van der Waals surface area contributed by atoms with E-state index in [-0.39, 0.29) is 11.4 Å². The molecular weight excluding hydrogens is 388 g/mol. The van der Waals surface area contributed by atoms with Crippen molar-refractivity contribution in [3.63, 3.8) is 0 Å². The first kappa shape index (κ1) is 21.5. The van der Waals surface area contributed by atoms with Gasteiger partial charge in [-0.2, -0.15) is 0 Å². The van der Waals surface area contributed by atoms with Crippen LogP contribution in [0.2, 0.25) is 0 Å². The summed E-state index contributed by atoms with van der Waals surface area (Å²) >= 11 is 4.97. The number of benzene rings is 2. The molecule has 4 rings (SSSR count). The second-order valence-electron chi connectivity index (χ2n) is 10.1. The molecule has 0 atom stereocenters. The molecule has 0 saturated heterocycles. The lowest BCUT2D eigenvalue weighted by atomic mass is 9.87. The standard InChI is InChI=1S/C27H34O2S/c1-27(2,3)21-14-12-20(13-15-21)26(28)29-22-16-23(18-8-4-5-9-18)25(30)24(17-22)19-10-6-7-11-19/h12-19,30H,4-11H2,1-3H3. The van der Waals surface area contributed by atoms with E-state index in [4.69, 9.17) is 17.4 Å². The number of carbonyl (C=O) groups is 1. The zero-order chi connectivity index (χ0) is 21.3. The van der Waals surface area contributed by atoms with Crippen LogP contribution >= 0.6 is 12.6 Å². The summed E-state index contributed by atoms with van der Waals surface area (Å²) in [4.78, 5) is 14.0. The van der Waals surface area contributed by atoms with Crippen molar-refractivity contribution < 1.29 is 9.53 Å². The Morgan fingerprint density at radius 2 is 1.33 bits per heavy atom. The van der Waals surface area contributed by atoms with Crippen LogP contribution in [0.5, 0.6) is 5.75 Å². The molecule has 0 heterocycles. The van der Waals surface area contributed by atoms with Crippen molar-refractivity contribution in [1.82, 2.24) is 0 Å². The molecule has 0 bridgehead atoms. The monoisotopic (exact) mass is 422 g/mol. The van der Waals surface area contributed by atoms with Crippen LogP contribution in [0.4, 0.5) is 0 Å². The second kappa shape index (κ2) is 8.78. The molecule has 2 aliphatic carbocycles. The third-order valence-electron chi connectivity index (χ3n) is 6.93. The van der Waals surface area contributed by atoms with Gasteiger partial charge in [0.2, 0.25) is 0 Å². The number of esters is 1. The van der Waals surface area contributed by atoms with Crippen molar-refractivity contribution in [3.8, 4) is 5.75 Å². The summed E-state index contributed by atoms with van der Waals surface area (Å²) in [6.45, 7) is 6.53. The zero-order valence-electron chi connectivity index (χ0n) is 18.5. The van der Waals surface area contributed by atoms with Crippen LogP contribution in [0, 0.1) is 0 Å². The molecule has 0 radical (unpaired) electrons. The predicted octanol–water partition coefficient (Wildman–Crippen LogP) is 7.81. The summed E-state index contributed by atoms with van der Waals surface area (Å²) in [6, 6.07) is 12.0. The van der Waals surface area contributed by atoms with Gasteiger partial charge in [-0.25, -0.2) is 4.79 Å². The molecule has 0 spiro atoms. The molecule has 3 heteroatoms. The highest BCUT2D eigenvalue weighted by Crippen LogP contribution is 2.45. The Balaban J connectivity index is 1.61. The minimum Gasteiger partial charge on any atom is -0.423 e. The highest BCUT2D eigenvalue weighted by atomic mass is 32.1. The van der Waals surface area contributed by atoms with Crippen molar-refractivity contribution in [1.29, 1.82) is 0 Å². The summed E-state index contributed by atoms with van der Waals surface area (Å²) in [5.74, 6) is 1.49. The average molecular weight is 423 g/mol. The SMILES string of the molecule is CC(C)(C)c1ccc(C(=O)Oc2cc(C3CCCC3)c(S)c(C3CCCC3)c2)cc1. The fourth-order valence-electron chi connectivity index (χ4n) is 5.08. The molecule has 0 aromatic heterocycles. The normalized spacial score (nSPS) is 18.1. The number of rotatable bonds is 4. The molecule has 0 N–H and O–H groups in total. The highest BCUT2D eigenvalue weighted by molar-refractivity contribution is 7.80. The van der Waals surface area contributed by atoms with Crippen molar-refractivity contribution in [2.45, 2.75) is 94.3 Å². The van der Waals surface area contributed by atoms with Gasteiger partial charge >= 0.3 is 5.97 Å². The summed E-state index contributed by atoms with van der Waals surface area (Å²) in [7, 11) is 0. The predicted molar refractivity (Wildman–Crippen MR) is 126 cm³/mol. The van der Waals surface area contributed by atoms with Gasteiger partial charge in [-0.15, -0.1) is 12.6 Å². The number of hydrogen-bond acceptors (Lipinski definition) is 3. The van der Waals surface area contributed by atoms with Crippen LogP contribution in [0.25, 0.3) is 0 Å². The lowest BCUT2D eigenvalue weighted by Crippen LogP contribution is -2.13. The van der Waals surface area contributed by atoms with Crippen molar-refractivity contribution >= 4 is 18.6 Å². The van der Waals surface area contributed by atoms with Gasteiger partial charge in [-0.3, -0.25) is 0 Å². The van der Waals surface area contributed by atoms with E-state index >= 15 is 0 Å². The first-order valence-corrected chi connectivity index (χ1v) is 12.0. The number of carbonyl (C=O) groups excluding carboxylic acids is 1. The van der Waals surface area contributed by atoms with Crippen LogP contribution in [-0.2, 0) is 5.41 Å². The molecule has 0 unspecified atom stereocenters. The van der Waals surface area contributed by atoms with E-state index in [9.17, 15) is 4.79 Å². The molecule has 2 nitrogen and oxygen atoms in total. The molecular formula is C27H34O2S. The zero-order valence-corrected chi connectivity index (χ0v) is 19.4. The average Bonchev–Trinajstić information content (AvgIpc) is 3.43. The van der Waals surface area contributed by atoms with Crippen LogP contribution in [0.3, 0.4) is 0 Å². The van der Waals surface area contributed by atoms with E-state index in [2.05, 4.69) is 32.9 Å². The quantitative estimate of drug-likeness (QED) is 0.309. The van der Waals surface area contributed by atoms with Gasteiger partial charge in [-0.1, -0.05) is 58.6 Å². The lowest BCUT2D eigenvalue weighted by molar-refractivity contribution is 0.0734. The Morgan fingerprint density at radius 3 is 1.77 bits per heavy atom. The Labute approximate surface area is 186 Å². The Hall–Kier alpha value is -1.74. The Morgan fingerprint density at radius 1 is 0.867 bits per heavy atom. The summed E-state index contributed by atoms with van der Waals surface area (Å²) in [5.41, 5.74) is 4.45. The molecule has 2 saturated carbocycles. The maximum Gasteiger partial charge on any atom is 0.343 e. The molecule has 0 amide bonds. The van der Waals surface area contributed by atoms with Gasteiger partial charge < -0.3 is 4.74 Å². The Bertz CT molecular complexity index is 858. The topological polar surface area (TPSA) is 26.3 Å². The van der Waals surface area contributed by atoms with E-state index in [1.165, 1.54) is 68.1 Å². The maximum absolute atomic E-state index is 12.9. The van der Waals surface area contributed by atoms with Crippen LogP contribution < -0.4 is 4.74 Å². The van der Waals surface area contributed by atoms with Gasteiger partial charge in [-0.05, 0) is 83.9 Å². The van der Waals surface area contributed by atoms with Gasteiger partial charge in [0.15, 0.2) is 0 Å². The van der Waals surface area contributed by atoms with Crippen LogP contribution in [0.1, 0.15) is 111 Å². The third kappa shape index (κ3) is 4.61. The van der Waals surface area contributed by atoms with Crippen molar-refractivity contribution in [2.75, 3.05) is 0 Å². The molecule has 2 aromatic carbocycles. The van der Waals surface area contributed by atoms with E-state index in [1.54, 1.807) is 0 Å². The minimum atomic E-state index is -0.280. The summed E-state index contributed by atoms with van der Waals surface area (Å²) in [6.07, 6.45) is 9.96. The van der Waals surface area contributed by atoms with E-state index < -0.39 is 0 Å². The van der Waals surface area contributed by atoms with Crippen molar-refractivity contribution in [2.24, 2.45) is 0 Å². The number of ether oxygens (including phenoxy) is 1. The summed E-state index contributed by atoms with van der Waals surface area (Å²) in [5, 5.41) is 0. The van der Waals surface area contributed by atoms with Crippen LogP contribution in [-0.4, -0.2) is 5.97 Å². The summed E-state index contributed by atoms with van der Waals surface area (Å²) < 4.78 is 5.91. The Kier molecular flexibility index (Phi) is 6.29. The molecule has 2 fully saturated rings. The second-order valence-corrected chi connectivity index (χ2v) is 10.6. The van der Waals surface area contributed by atoms with Crippen LogP contribution in [0.15, 0.2) is 41.3 Å². The molecule has 2 aromatic rings. The van der Waals surface area contributed by atoms with Gasteiger partial charge in [0.25, 0.3) is 0 Å². The minimum absolute atomic E-state index is 0.0667. The van der Waals surface area contributed by atoms with Gasteiger partial charge in [0, 0.05) is 4.90 Å². The number of hydrogen-bond donors (Lipinski definition) is 1. The lowest BCUT2D eigenvalue weighted by Gasteiger charge is -2.21. The molecule has 0 aliphatic heterocycles. The first-order chi connectivity index (χ1) is 14.3. The molecule has 30 heavy (non-hydrogen) atoms. The highest BCUT2D eigenvalue weighted by Gasteiger charge is 2.26. The largest absolute Gasteiger partial charge is 0.423 e. The molecule has 2 aliphatic rings. The smallest absolute Gasteiger partial charge is 0.343 e. The van der Waals surface area contributed by atoms with E-state index in [0.29, 0.717) is 23.1 Å². The van der Waals surface area contributed by atoms with E-state index in [1.807, 2.05) is 24.3 Å².